The Kier molecular flexibility index (Phi) is 4.29. The Balaban J connectivity index is 1.74. The highest BCUT2D eigenvalue weighted by atomic mass is 19.1. The van der Waals surface area contributed by atoms with Gasteiger partial charge in [0.25, 0.3) is 5.91 Å². The van der Waals surface area contributed by atoms with Crippen molar-refractivity contribution in [1.82, 2.24) is 5.32 Å². The van der Waals surface area contributed by atoms with Crippen LogP contribution in [0, 0.1) is 5.82 Å². The summed E-state index contributed by atoms with van der Waals surface area (Å²) >= 11 is 0. The van der Waals surface area contributed by atoms with E-state index in [0.717, 1.165) is 5.56 Å². The first-order valence-corrected chi connectivity index (χ1v) is 7.95. The second kappa shape index (κ2) is 6.27. The molecule has 1 aliphatic rings. The van der Waals surface area contributed by atoms with Crippen LogP contribution in [0.5, 0.6) is 17.2 Å². The third kappa shape index (κ3) is 3.38. The Morgan fingerprint density at radius 1 is 1.36 bits per heavy atom. The van der Waals surface area contributed by atoms with Crippen LogP contribution in [0.1, 0.15) is 35.3 Å². The first kappa shape index (κ1) is 17.1. The fourth-order valence-corrected chi connectivity index (χ4v) is 2.92. The summed E-state index contributed by atoms with van der Waals surface area (Å²) in [5, 5.41) is 13.0. The van der Waals surface area contributed by atoms with Crippen molar-refractivity contribution in [3.8, 4) is 17.2 Å². The minimum absolute atomic E-state index is 0.128. The maximum absolute atomic E-state index is 13.7. The fraction of sp³-hybridized carbons (Fsp3) is 0.316. The predicted molar refractivity (Wildman–Crippen MR) is 90.6 cm³/mol. The summed E-state index contributed by atoms with van der Waals surface area (Å²) in [5.41, 5.74) is 1.18. The first-order chi connectivity index (χ1) is 11.8. The van der Waals surface area contributed by atoms with Crippen LogP contribution in [0.25, 0.3) is 0 Å². The summed E-state index contributed by atoms with van der Waals surface area (Å²) in [7, 11) is 1.39. The SMILES string of the molecule is COc1ccc(CNC(=O)c2ccc3c(c2O)OC(C)(C)C3)cc1F. The third-order valence-electron chi connectivity index (χ3n) is 4.12. The Morgan fingerprint density at radius 2 is 2.12 bits per heavy atom. The first-order valence-electron chi connectivity index (χ1n) is 7.95. The second-order valence-corrected chi connectivity index (χ2v) is 6.64. The molecule has 0 aliphatic carbocycles. The number of rotatable bonds is 4. The van der Waals surface area contributed by atoms with Gasteiger partial charge in [-0.25, -0.2) is 4.39 Å². The molecular formula is C19H20FNO4. The summed E-state index contributed by atoms with van der Waals surface area (Å²) in [4.78, 5) is 12.4. The molecule has 0 atom stereocenters. The van der Waals surface area contributed by atoms with E-state index in [4.69, 9.17) is 9.47 Å². The molecule has 6 heteroatoms. The van der Waals surface area contributed by atoms with Crippen LogP contribution in [0.15, 0.2) is 30.3 Å². The lowest BCUT2D eigenvalue weighted by atomic mass is 10.0. The van der Waals surface area contributed by atoms with E-state index >= 15 is 0 Å². The largest absolute Gasteiger partial charge is 0.504 e. The number of fused-ring (bicyclic) bond motifs is 1. The minimum Gasteiger partial charge on any atom is -0.504 e. The number of hydrogen-bond donors (Lipinski definition) is 2. The molecule has 2 aromatic carbocycles. The van der Waals surface area contributed by atoms with Crippen LogP contribution in [0.4, 0.5) is 4.39 Å². The number of nitrogens with one attached hydrogen (secondary N) is 1. The number of phenols is 1. The summed E-state index contributed by atoms with van der Waals surface area (Å²) < 4.78 is 24.3. The van der Waals surface area contributed by atoms with Gasteiger partial charge in [0.15, 0.2) is 23.1 Å². The van der Waals surface area contributed by atoms with Crippen molar-refractivity contribution in [2.24, 2.45) is 0 Å². The van der Waals surface area contributed by atoms with Gasteiger partial charge in [-0.3, -0.25) is 4.79 Å². The Hall–Kier alpha value is -2.76. The molecular weight excluding hydrogens is 325 g/mol. The van der Waals surface area contributed by atoms with Crippen LogP contribution in [-0.2, 0) is 13.0 Å². The van der Waals surface area contributed by atoms with Gasteiger partial charge in [-0.15, -0.1) is 0 Å². The number of aromatic hydroxyl groups is 1. The maximum Gasteiger partial charge on any atom is 0.255 e. The van der Waals surface area contributed by atoms with E-state index in [9.17, 15) is 14.3 Å². The van der Waals surface area contributed by atoms with E-state index in [1.54, 1.807) is 18.2 Å². The molecule has 2 aromatic rings. The number of benzene rings is 2. The van der Waals surface area contributed by atoms with Crippen molar-refractivity contribution in [2.45, 2.75) is 32.4 Å². The molecule has 2 N–H and O–H groups in total. The van der Waals surface area contributed by atoms with Crippen LogP contribution >= 0.6 is 0 Å². The monoisotopic (exact) mass is 345 g/mol. The van der Waals surface area contributed by atoms with Crippen LogP contribution < -0.4 is 14.8 Å². The zero-order chi connectivity index (χ0) is 18.2. The number of carbonyl (C=O) groups is 1. The second-order valence-electron chi connectivity index (χ2n) is 6.64. The third-order valence-corrected chi connectivity index (χ3v) is 4.12. The van der Waals surface area contributed by atoms with Crippen molar-refractivity contribution >= 4 is 5.91 Å². The maximum atomic E-state index is 13.7. The van der Waals surface area contributed by atoms with E-state index < -0.39 is 17.3 Å². The molecule has 0 fully saturated rings. The topological polar surface area (TPSA) is 67.8 Å². The van der Waals surface area contributed by atoms with Crippen molar-refractivity contribution in [1.29, 1.82) is 0 Å². The highest BCUT2D eigenvalue weighted by Crippen LogP contribution is 2.43. The fourth-order valence-electron chi connectivity index (χ4n) is 2.92. The lowest BCUT2D eigenvalue weighted by Gasteiger charge is -2.17. The molecule has 1 heterocycles. The number of halogens is 1. The number of phenolic OH excluding ortho intramolecular Hbond substituents is 1. The molecule has 1 amide bonds. The smallest absolute Gasteiger partial charge is 0.255 e. The van der Waals surface area contributed by atoms with Gasteiger partial charge in [-0.05, 0) is 37.6 Å². The zero-order valence-electron chi connectivity index (χ0n) is 14.4. The van der Waals surface area contributed by atoms with Gasteiger partial charge < -0.3 is 19.9 Å². The number of carbonyl (C=O) groups excluding carboxylic acids is 1. The highest BCUT2D eigenvalue weighted by Gasteiger charge is 2.33. The molecule has 3 rings (SSSR count). The highest BCUT2D eigenvalue weighted by molar-refractivity contribution is 5.98. The molecule has 0 aromatic heterocycles. The summed E-state index contributed by atoms with van der Waals surface area (Å²) in [6.45, 7) is 3.97. The van der Waals surface area contributed by atoms with E-state index in [0.29, 0.717) is 17.7 Å². The van der Waals surface area contributed by atoms with Crippen molar-refractivity contribution in [2.75, 3.05) is 7.11 Å². The van der Waals surface area contributed by atoms with Crippen LogP contribution in [0.2, 0.25) is 0 Å². The van der Waals surface area contributed by atoms with Gasteiger partial charge in [0.2, 0.25) is 0 Å². The average molecular weight is 345 g/mol. The molecule has 0 saturated carbocycles. The summed E-state index contributed by atoms with van der Waals surface area (Å²) in [5.74, 6) is -0.615. The molecule has 0 bridgehead atoms. The zero-order valence-corrected chi connectivity index (χ0v) is 14.4. The van der Waals surface area contributed by atoms with Crippen molar-refractivity contribution < 1.29 is 23.8 Å². The van der Waals surface area contributed by atoms with E-state index in [2.05, 4.69) is 5.32 Å². The van der Waals surface area contributed by atoms with Crippen molar-refractivity contribution in [3.05, 3.63) is 52.8 Å². The Bertz CT molecular complexity index is 832. The molecule has 0 unspecified atom stereocenters. The predicted octanol–water partition coefficient (Wildman–Crippen LogP) is 3.18. The number of ether oxygens (including phenoxy) is 2. The van der Waals surface area contributed by atoms with E-state index in [-0.39, 0.29) is 23.6 Å². The normalized spacial score (nSPS) is 14.6. The van der Waals surface area contributed by atoms with E-state index in [1.807, 2.05) is 13.8 Å². The van der Waals surface area contributed by atoms with Gasteiger partial charge >= 0.3 is 0 Å². The standard InChI is InChI=1S/C19H20FNO4/c1-19(2)9-12-5-6-13(16(22)17(12)25-19)18(23)21-10-11-4-7-15(24-3)14(20)8-11/h4-8,22H,9-10H2,1-3H3,(H,21,23). The number of hydrogen-bond acceptors (Lipinski definition) is 4. The van der Waals surface area contributed by atoms with Gasteiger partial charge in [-0.1, -0.05) is 12.1 Å². The lowest BCUT2D eigenvalue weighted by Crippen LogP contribution is -2.25. The quantitative estimate of drug-likeness (QED) is 0.893. The lowest BCUT2D eigenvalue weighted by molar-refractivity contribution is 0.0944. The molecule has 25 heavy (non-hydrogen) atoms. The molecule has 0 radical (unpaired) electrons. The van der Waals surface area contributed by atoms with Gasteiger partial charge in [0, 0.05) is 18.5 Å². The van der Waals surface area contributed by atoms with Crippen molar-refractivity contribution in [3.63, 3.8) is 0 Å². The molecule has 0 spiro atoms. The molecule has 132 valence electrons. The van der Waals surface area contributed by atoms with E-state index in [1.165, 1.54) is 19.2 Å². The molecule has 5 nitrogen and oxygen atoms in total. The number of methoxy groups -OCH3 is 1. The van der Waals surface area contributed by atoms with Gasteiger partial charge in [0.1, 0.15) is 5.60 Å². The van der Waals surface area contributed by atoms with Gasteiger partial charge in [-0.2, -0.15) is 0 Å². The number of amides is 1. The summed E-state index contributed by atoms with van der Waals surface area (Å²) in [6.07, 6.45) is 0.670. The average Bonchev–Trinajstić information content (AvgIpc) is 2.88. The summed E-state index contributed by atoms with van der Waals surface area (Å²) in [6, 6.07) is 7.82. The van der Waals surface area contributed by atoms with Gasteiger partial charge in [0.05, 0.1) is 12.7 Å². The van der Waals surface area contributed by atoms with Crippen LogP contribution in [-0.4, -0.2) is 23.7 Å². The minimum atomic E-state index is -0.495. The van der Waals surface area contributed by atoms with Crippen LogP contribution in [0.3, 0.4) is 0 Å². The Morgan fingerprint density at radius 3 is 2.80 bits per heavy atom. The molecule has 0 saturated heterocycles. The molecule has 1 aliphatic heterocycles. The Labute approximate surface area is 145 Å².